The molecule has 19 heavy (non-hydrogen) atoms. The Morgan fingerprint density at radius 3 is 1.79 bits per heavy atom. The van der Waals surface area contributed by atoms with E-state index in [4.69, 9.17) is 0 Å². The van der Waals surface area contributed by atoms with E-state index in [2.05, 4.69) is 53.8 Å². The molecule has 0 atom stereocenters. The number of carbonyl (C=O) groups is 1. The zero-order chi connectivity index (χ0) is 15.6. The molecule has 3 heteroatoms. The van der Waals surface area contributed by atoms with Crippen molar-refractivity contribution in [2.45, 2.75) is 73.1 Å². The number of ketones is 1. The zero-order valence-corrected chi connectivity index (χ0v) is 15.3. The maximum absolute atomic E-state index is 11.5. The van der Waals surface area contributed by atoms with E-state index >= 15 is 0 Å². The third kappa shape index (κ3) is 18.0. The fraction of sp³-hybridized carbons (Fsp3) is 0.938. The molecule has 0 aliphatic rings. The first-order chi connectivity index (χ1) is 8.48. The average molecular weight is 290 g/mol. The maximum Gasteiger partial charge on any atom is 0.145 e. The van der Waals surface area contributed by atoms with Crippen LogP contribution < -0.4 is 5.32 Å². The number of rotatable bonds is 7. The smallest absolute Gasteiger partial charge is 0.145 e. The van der Waals surface area contributed by atoms with Crippen molar-refractivity contribution in [2.24, 2.45) is 11.8 Å². The summed E-state index contributed by atoms with van der Waals surface area (Å²) in [5.74, 6) is 1.97. The predicted octanol–water partition coefficient (Wildman–Crippen LogP) is 4.38. The largest absolute Gasteiger partial charge is 0.313 e. The standard InChI is InChI=1S/C12H25NOS.C4H10/c1-9(2)11(14)7-15-12(5,6)8-13-10(3)4;1-4(2)3/h9-10,13H,7-8H2,1-6H3;4H,1-3H3. The number of hydrogen-bond acceptors (Lipinski definition) is 3. The average Bonchev–Trinajstić information content (AvgIpc) is 2.22. The minimum Gasteiger partial charge on any atom is -0.313 e. The molecule has 0 saturated heterocycles. The van der Waals surface area contributed by atoms with Gasteiger partial charge in [-0.2, -0.15) is 0 Å². The number of thioether (sulfide) groups is 1. The van der Waals surface area contributed by atoms with Gasteiger partial charge in [-0.25, -0.2) is 0 Å². The minimum absolute atomic E-state index is 0.134. The van der Waals surface area contributed by atoms with Crippen LogP contribution in [-0.2, 0) is 4.79 Å². The molecular formula is C16H35NOS. The Bertz CT molecular complexity index is 232. The molecule has 0 heterocycles. The van der Waals surface area contributed by atoms with Gasteiger partial charge < -0.3 is 5.32 Å². The van der Waals surface area contributed by atoms with Crippen molar-refractivity contribution in [3.8, 4) is 0 Å². The van der Waals surface area contributed by atoms with Crippen molar-refractivity contribution in [3.05, 3.63) is 0 Å². The van der Waals surface area contributed by atoms with Gasteiger partial charge in [-0.1, -0.05) is 48.5 Å². The van der Waals surface area contributed by atoms with Crippen molar-refractivity contribution in [2.75, 3.05) is 12.3 Å². The lowest BCUT2D eigenvalue weighted by Gasteiger charge is -2.25. The van der Waals surface area contributed by atoms with Crippen LogP contribution in [0.25, 0.3) is 0 Å². The molecule has 0 bridgehead atoms. The Morgan fingerprint density at radius 2 is 1.47 bits per heavy atom. The molecule has 0 aliphatic carbocycles. The van der Waals surface area contributed by atoms with E-state index < -0.39 is 0 Å². The second-order valence-corrected chi connectivity index (χ2v) is 8.62. The highest BCUT2D eigenvalue weighted by Crippen LogP contribution is 2.24. The van der Waals surface area contributed by atoms with E-state index in [1.165, 1.54) is 0 Å². The fourth-order valence-corrected chi connectivity index (χ4v) is 1.99. The van der Waals surface area contributed by atoms with Gasteiger partial charge in [0.15, 0.2) is 0 Å². The van der Waals surface area contributed by atoms with E-state index in [0.29, 0.717) is 17.6 Å². The number of nitrogens with one attached hydrogen (secondary N) is 1. The van der Waals surface area contributed by atoms with Gasteiger partial charge >= 0.3 is 0 Å². The third-order valence-corrected chi connectivity index (χ3v) is 3.54. The second-order valence-electron chi connectivity index (χ2n) is 6.94. The van der Waals surface area contributed by atoms with Gasteiger partial charge in [0, 0.05) is 23.3 Å². The van der Waals surface area contributed by atoms with Crippen LogP contribution in [0.5, 0.6) is 0 Å². The molecule has 116 valence electrons. The van der Waals surface area contributed by atoms with Crippen LogP contribution in [-0.4, -0.2) is 28.9 Å². The monoisotopic (exact) mass is 289 g/mol. The summed E-state index contributed by atoms with van der Waals surface area (Å²) in [6.07, 6.45) is 0. The first-order valence-electron chi connectivity index (χ1n) is 7.38. The molecule has 0 amide bonds. The van der Waals surface area contributed by atoms with E-state index in [1.807, 2.05) is 13.8 Å². The molecule has 0 unspecified atom stereocenters. The van der Waals surface area contributed by atoms with Crippen LogP contribution in [0.2, 0.25) is 0 Å². The lowest BCUT2D eigenvalue weighted by Crippen LogP contribution is -2.37. The van der Waals surface area contributed by atoms with Crippen LogP contribution in [0.15, 0.2) is 0 Å². The Morgan fingerprint density at radius 1 is 1.05 bits per heavy atom. The van der Waals surface area contributed by atoms with Gasteiger partial charge in [0.1, 0.15) is 5.78 Å². The first kappa shape index (κ1) is 21.3. The van der Waals surface area contributed by atoms with Gasteiger partial charge in [0.25, 0.3) is 0 Å². The van der Waals surface area contributed by atoms with Crippen LogP contribution in [0, 0.1) is 11.8 Å². The van der Waals surface area contributed by atoms with E-state index in [9.17, 15) is 4.79 Å². The quantitative estimate of drug-likeness (QED) is 0.754. The summed E-state index contributed by atoms with van der Waals surface area (Å²) in [6, 6.07) is 0.505. The van der Waals surface area contributed by atoms with Crippen molar-refractivity contribution in [1.29, 1.82) is 0 Å². The highest BCUT2D eigenvalue weighted by Gasteiger charge is 2.20. The maximum atomic E-state index is 11.5. The summed E-state index contributed by atoms with van der Waals surface area (Å²) >= 11 is 1.75. The summed E-state index contributed by atoms with van der Waals surface area (Å²) in [7, 11) is 0. The van der Waals surface area contributed by atoms with Gasteiger partial charge in [0.05, 0.1) is 5.75 Å². The predicted molar refractivity (Wildman–Crippen MR) is 90.0 cm³/mol. The number of carbonyl (C=O) groups excluding carboxylic acids is 1. The number of hydrogen-bond donors (Lipinski definition) is 1. The van der Waals surface area contributed by atoms with Crippen molar-refractivity contribution >= 4 is 17.5 Å². The SMILES string of the molecule is CC(C)C.CC(C)NCC(C)(C)SCC(=O)C(C)C. The molecule has 0 spiro atoms. The molecule has 0 saturated carbocycles. The summed E-state index contributed by atoms with van der Waals surface area (Å²) in [5.41, 5.74) is 0. The Labute approximate surface area is 125 Å². The highest BCUT2D eigenvalue weighted by molar-refractivity contribution is 8.01. The van der Waals surface area contributed by atoms with Gasteiger partial charge in [-0.3, -0.25) is 4.79 Å². The third-order valence-electron chi connectivity index (χ3n) is 2.19. The zero-order valence-electron chi connectivity index (χ0n) is 14.5. The van der Waals surface area contributed by atoms with Crippen LogP contribution >= 0.6 is 11.8 Å². The van der Waals surface area contributed by atoms with E-state index in [0.717, 1.165) is 12.5 Å². The Balaban J connectivity index is 0. The number of Topliss-reactive ketones (excluding diaryl/α,β-unsaturated/α-hetero) is 1. The lowest BCUT2D eigenvalue weighted by atomic mass is 10.1. The molecule has 0 fully saturated rings. The molecular weight excluding hydrogens is 254 g/mol. The van der Waals surface area contributed by atoms with Crippen molar-refractivity contribution in [3.63, 3.8) is 0 Å². The van der Waals surface area contributed by atoms with Crippen LogP contribution in [0.3, 0.4) is 0 Å². The van der Waals surface area contributed by atoms with E-state index in [-0.39, 0.29) is 10.7 Å². The molecule has 0 rings (SSSR count). The first-order valence-corrected chi connectivity index (χ1v) is 8.36. The molecule has 0 aromatic carbocycles. The highest BCUT2D eigenvalue weighted by atomic mass is 32.2. The van der Waals surface area contributed by atoms with Crippen LogP contribution in [0.1, 0.15) is 62.3 Å². The van der Waals surface area contributed by atoms with E-state index in [1.54, 1.807) is 11.8 Å². The lowest BCUT2D eigenvalue weighted by molar-refractivity contribution is -0.119. The summed E-state index contributed by atoms with van der Waals surface area (Å²) in [5, 5.41) is 3.41. The van der Waals surface area contributed by atoms with Crippen molar-refractivity contribution < 1.29 is 4.79 Å². The topological polar surface area (TPSA) is 29.1 Å². The minimum atomic E-state index is 0.134. The summed E-state index contributed by atoms with van der Waals surface area (Å²) in [4.78, 5) is 11.5. The molecule has 0 aromatic heterocycles. The summed E-state index contributed by atoms with van der Waals surface area (Å²) < 4.78 is 0.134. The van der Waals surface area contributed by atoms with Crippen LogP contribution in [0.4, 0.5) is 0 Å². The fourth-order valence-electron chi connectivity index (χ4n) is 0.934. The molecule has 2 nitrogen and oxygen atoms in total. The Hall–Kier alpha value is -0.0200. The normalized spacial score (nSPS) is 11.8. The van der Waals surface area contributed by atoms with Gasteiger partial charge in [-0.15, -0.1) is 11.8 Å². The Kier molecular flexibility index (Phi) is 12.0. The molecule has 0 aliphatic heterocycles. The van der Waals surface area contributed by atoms with Crippen molar-refractivity contribution in [1.82, 2.24) is 5.32 Å². The second kappa shape index (κ2) is 10.7. The molecule has 0 radical (unpaired) electrons. The van der Waals surface area contributed by atoms with Gasteiger partial charge in [0.2, 0.25) is 0 Å². The van der Waals surface area contributed by atoms with Gasteiger partial charge in [-0.05, 0) is 19.8 Å². The summed E-state index contributed by atoms with van der Waals surface area (Å²) in [6.45, 7) is 20.0. The molecule has 0 aromatic rings. The molecule has 1 N–H and O–H groups in total.